The summed E-state index contributed by atoms with van der Waals surface area (Å²) in [6.45, 7) is 11.3. The van der Waals surface area contributed by atoms with Crippen LogP contribution in [0.15, 0.2) is 0 Å². The molecule has 2 rings (SSSR count). The van der Waals surface area contributed by atoms with Crippen LogP contribution in [0.25, 0.3) is 0 Å². The Morgan fingerprint density at radius 1 is 1.47 bits per heavy atom. The van der Waals surface area contributed by atoms with Gasteiger partial charge in [0, 0.05) is 18.7 Å². The third-order valence-electron chi connectivity index (χ3n) is 3.77. The summed E-state index contributed by atoms with van der Waals surface area (Å²) in [5, 5.41) is 3.50. The Balaban J connectivity index is 1.98. The molecule has 3 nitrogen and oxygen atoms in total. The minimum atomic E-state index is 0.311. The van der Waals surface area contributed by atoms with Crippen molar-refractivity contribution in [3.05, 3.63) is 0 Å². The zero-order valence-corrected chi connectivity index (χ0v) is 10.1. The molecule has 0 amide bonds. The fourth-order valence-corrected chi connectivity index (χ4v) is 2.67. The van der Waals surface area contributed by atoms with Gasteiger partial charge in [0.05, 0.1) is 6.61 Å². The lowest BCUT2D eigenvalue weighted by molar-refractivity contribution is 0.0616. The second kappa shape index (κ2) is 4.81. The van der Waals surface area contributed by atoms with Crippen molar-refractivity contribution in [3.63, 3.8) is 0 Å². The molecule has 2 aliphatic rings. The number of ether oxygens (including phenoxy) is 1. The van der Waals surface area contributed by atoms with Crippen LogP contribution in [0.3, 0.4) is 0 Å². The van der Waals surface area contributed by atoms with E-state index in [2.05, 4.69) is 24.1 Å². The van der Waals surface area contributed by atoms with Crippen molar-refractivity contribution < 1.29 is 4.74 Å². The highest BCUT2D eigenvalue weighted by Crippen LogP contribution is 2.27. The minimum absolute atomic E-state index is 0.311. The number of rotatable bonds is 1. The largest absolute Gasteiger partial charge is 0.379 e. The highest BCUT2D eigenvalue weighted by atomic mass is 16.5. The molecule has 2 saturated heterocycles. The lowest BCUT2D eigenvalue weighted by atomic mass is 9.96. The van der Waals surface area contributed by atoms with Crippen LogP contribution in [-0.4, -0.2) is 49.8 Å². The van der Waals surface area contributed by atoms with E-state index in [4.69, 9.17) is 4.74 Å². The van der Waals surface area contributed by atoms with E-state index in [1.807, 2.05) is 0 Å². The first-order valence-electron chi connectivity index (χ1n) is 6.24. The quantitative estimate of drug-likeness (QED) is 0.704. The molecule has 3 heteroatoms. The van der Waals surface area contributed by atoms with E-state index in [0.717, 1.165) is 32.2 Å². The van der Waals surface area contributed by atoms with E-state index in [0.29, 0.717) is 5.54 Å². The third-order valence-corrected chi connectivity index (χ3v) is 3.77. The summed E-state index contributed by atoms with van der Waals surface area (Å²) in [6.07, 6.45) is 2.47. The summed E-state index contributed by atoms with van der Waals surface area (Å²) in [6, 6.07) is 0. The SMILES string of the molecule is CC1CNCCCN(C2(C)CCOC2)C1. The Morgan fingerprint density at radius 2 is 2.33 bits per heavy atom. The molecule has 1 N–H and O–H groups in total. The molecule has 0 saturated carbocycles. The first-order chi connectivity index (χ1) is 7.21. The average molecular weight is 212 g/mol. The highest BCUT2D eigenvalue weighted by molar-refractivity contribution is 4.91. The van der Waals surface area contributed by atoms with Crippen LogP contribution >= 0.6 is 0 Å². The predicted molar refractivity (Wildman–Crippen MR) is 62.1 cm³/mol. The van der Waals surface area contributed by atoms with Crippen molar-refractivity contribution in [3.8, 4) is 0 Å². The highest BCUT2D eigenvalue weighted by Gasteiger charge is 2.36. The van der Waals surface area contributed by atoms with Crippen molar-refractivity contribution in [2.45, 2.75) is 32.2 Å². The van der Waals surface area contributed by atoms with E-state index < -0.39 is 0 Å². The second-order valence-electron chi connectivity index (χ2n) is 5.41. The van der Waals surface area contributed by atoms with Gasteiger partial charge in [-0.05, 0) is 45.3 Å². The molecule has 88 valence electrons. The van der Waals surface area contributed by atoms with Gasteiger partial charge in [0.2, 0.25) is 0 Å². The maximum atomic E-state index is 5.56. The maximum absolute atomic E-state index is 5.56. The van der Waals surface area contributed by atoms with Gasteiger partial charge in [0.15, 0.2) is 0 Å². The van der Waals surface area contributed by atoms with Crippen molar-refractivity contribution in [1.29, 1.82) is 0 Å². The first-order valence-corrected chi connectivity index (χ1v) is 6.24. The molecular weight excluding hydrogens is 188 g/mol. The van der Waals surface area contributed by atoms with Crippen molar-refractivity contribution in [1.82, 2.24) is 10.2 Å². The Bertz CT molecular complexity index is 202. The van der Waals surface area contributed by atoms with Crippen LogP contribution in [0.2, 0.25) is 0 Å². The molecule has 0 bridgehead atoms. The maximum Gasteiger partial charge on any atom is 0.0648 e. The smallest absolute Gasteiger partial charge is 0.0648 e. The number of hydrogen-bond donors (Lipinski definition) is 1. The fourth-order valence-electron chi connectivity index (χ4n) is 2.67. The van der Waals surface area contributed by atoms with Gasteiger partial charge in [-0.2, -0.15) is 0 Å². The molecule has 2 aliphatic heterocycles. The van der Waals surface area contributed by atoms with Gasteiger partial charge >= 0.3 is 0 Å². The van der Waals surface area contributed by atoms with Gasteiger partial charge < -0.3 is 10.1 Å². The summed E-state index contributed by atoms with van der Waals surface area (Å²) in [5.41, 5.74) is 0.311. The predicted octanol–water partition coefficient (Wildman–Crippen LogP) is 1.10. The van der Waals surface area contributed by atoms with Crippen LogP contribution in [0.4, 0.5) is 0 Å². The summed E-state index contributed by atoms with van der Waals surface area (Å²) >= 11 is 0. The average Bonchev–Trinajstić information content (AvgIpc) is 2.59. The molecule has 0 aromatic carbocycles. The number of nitrogens with zero attached hydrogens (tertiary/aromatic N) is 1. The van der Waals surface area contributed by atoms with Gasteiger partial charge in [0.1, 0.15) is 0 Å². The van der Waals surface area contributed by atoms with Gasteiger partial charge in [-0.3, -0.25) is 4.90 Å². The summed E-state index contributed by atoms with van der Waals surface area (Å²) in [4.78, 5) is 2.66. The van der Waals surface area contributed by atoms with Crippen molar-refractivity contribution >= 4 is 0 Å². The lowest BCUT2D eigenvalue weighted by Crippen LogP contribution is -2.51. The number of hydrogen-bond acceptors (Lipinski definition) is 3. The normalized spacial score (nSPS) is 40.0. The van der Waals surface area contributed by atoms with E-state index in [1.54, 1.807) is 0 Å². The molecule has 2 atom stereocenters. The lowest BCUT2D eigenvalue weighted by Gasteiger charge is -2.40. The van der Waals surface area contributed by atoms with Crippen LogP contribution < -0.4 is 5.32 Å². The van der Waals surface area contributed by atoms with E-state index >= 15 is 0 Å². The van der Waals surface area contributed by atoms with E-state index in [9.17, 15) is 0 Å². The minimum Gasteiger partial charge on any atom is -0.379 e. The standard InChI is InChI=1S/C12H24N2O/c1-11-8-13-5-3-6-14(9-11)12(2)4-7-15-10-12/h11,13H,3-10H2,1-2H3. The van der Waals surface area contributed by atoms with Crippen LogP contribution in [-0.2, 0) is 4.74 Å². The molecule has 2 fully saturated rings. The molecule has 0 radical (unpaired) electrons. The molecular formula is C12H24N2O. The summed E-state index contributed by atoms with van der Waals surface area (Å²) < 4.78 is 5.56. The third kappa shape index (κ3) is 2.71. The van der Waals surface area contributed by atoms with Gasteiger partial charge in [-0.25, -0.2) is 0 Å². The van der Waals surface area contributed by atoms with Gasteiger partial charge in [-0.1, -0.05) is 6.92 Å². The second-order valence-corrected chi connectivity index (χ2v) is 5.41. The molecule has 2 unspecified atom stereocenters. The van der Waals surface area contributed by atoms with E-state index in [1.165, 1.54) is 25.9 Å². The Morgan fingerprint density at radius 3 is 3.07 bits per heavy atom. The van der Waals surface area contributed by atoms with Crippen molar-refractivity contribution in [2.24, 2.45) is 5.92 Å². The Hall–Kier alpha value is -0.120. The fraction of sp³-hybridized carbons (Fsp3) is 1.00. The van der Waals surface area contributed by atoms with Gasteiger partial charge in [0.25, 0.3) is 0 Å². The first kappa shape index (κ1) is 11.4. The Labute approximate surface area is 93.2 Å². The van der Waals surface area contributed by atoms with Crippen LogP contribution in [0.1, 0.15) is 26.7 Å². The monoisotopic (exact) mass is 212 g/mol. The van der Waals surface area contributed by atoms with Gasteiger partial charge in [-0.15, -0.1) is 0 Å². The molecule has 0 aliphatic carbocycles. The molecule has 0 aromatic rings. The molecule has 15 heavy (non-hydrogen) atoms. The van der Waals surface area contributed by atoms with Crippen LogP contribution in [0.5, 0.6) is 0 Å². The zero-order chi connectivity index (χ0) is 10.7. The summed E-state index contributed by atoms with van der Waals surface area (Å²) in [5.74, 6) is 0.753. The van der Waals surface area contributed by atoms with Crippen molar-refractivity contribution in [2.75, 3.05) is 39.4 Å². The summed E-state index contributed by atoms with van der Waals surface area (Å²) in [7, 11) is 0. The topological polar surface area (TPSA) is 24.5 Å². The molecule has 0 aromatic heterocycles. The van der Waals surface area contributed by atoms with E-state index in [-0.39, 0.29) is 0 Å². The Kier molecular flexibility index (Phi) is 3.65. The molecule has 0 spiro atoms. The molecule has 2 heterocycles. The van der Waals surface area contributed by atoms with Crippen LogP contribution in [0, 0.1) is 5.92 Å². The number of nitrogens with one attached hydrogen (secondary N) is 1. The zero-order valence-electron chi connectivity index (χ0n) is 10.1.